The van der Waals surface area contributed by atoms with Crippen LogP contribution in [0.4, 0.5) is 0 Å². The van der Waals surface area contributed by atoms with Crippen LogP contribution in [0.15, 0.2) is 0 Å². The smallest absolute Gasteiger partial charge is 0.288 e. The summed E-state index contributed by atoms with van der Waals surface area (Å²) in [5.41, 5.74) is 0. The number of hydrogen-bond acceptors (Lipinski definition) is 4. The number of nitrogens with zero attached hydrogens (tertiary/aromatic N) is 1. The van der Waals surface area contributed by atoms with E-state index in [-0.39, 0.29) is 6.79 Å². The van der Waals surface area contributed by atoms with Crippen LogP contribution in [0.3, 0.4) is 0 Å². The second-order valence-electron chi connectivity index (χ2n) is 1.52. The lowest BCUT2D eigenvalue weighted by Crippen LogP contribution is -2.21. The van der Waals surface area contributed by atoms with Crippen molar-refractivity contribution in [1.82, 2.24) is 0 Å². The zero-order valence-corrected chi connectivity index (χ0v) is 4.38. The summed E-state index contributed by atoms with van der Waals surface area (Å²) in [5, 5.41) is 8.25. The molecule has 1 aliphatic heterocycles. The average molecular weight is 115 g/mol. The zero-order valence-electron chi connectivity index (χ0n) is 4.38. The average Bonchev–Trinajstić information content (AvgIpc) is 2.17. The van der Waals surface area contributed by atoms with Crippen molar-refractivity contribution in [3.05, 3.63) is 0 Å². The highest BCUT2D eigenvalue weighted by Gasteiger charge is 2.32. The number of rotatable bonds is 0. The predicted octanol–water partition coefficient (Wildman–Crippen LogP) is 0.162. The molecular formula is C4H5NO3. The lowest BCUT2D eigenvalue weighted by Gasteiger charge is -2.05. The zero-order chi connectivity index (χ0) is 6.04. The van der Waals surface area contributed by atoms with Crippen molar-refractivity contribution in [2.75, 3.05) is 6.79 Å². The molecule has 0 N–H and O–H groups in total. The Kier molecular flexibility index (Phi) is 1.18. The Morgan fingerprint density at radius 2 is 2.50 bits per heavy atom. The van der Waals surface area contributed by atoms with E-state index in [1.807, 2.05) is 0 Å². The van der Waals surface area contributed by atoms with Gasteiger partial charge in [-0.2, -0.15) is 10.1 Å². The largest absolute Gasteiger partial charge is 0.306 e. The van der Waals surface area contributed by atoms with E-state index in [9.17, 15) is 0 Å². The topological polar surface area (TPSA) is 51.5 Å². The predicted molar refractivity (Wildman–Crippen MR) is 22.1 cm³/mol. The molecule has 1 fully saturated rings. The van der Waals surface area contributed by atoms with Gasteiger partial charge in [-0.05, 0) is 0 Å². The van der Waals surface area contributed by atoms with Crippen molar-refractivity contribution in [2.24, 2.45) is 0 Å². The van der Waals surface area contributed by atoms with E-state index < -0.39 is 5.79 Å². The summed E-state index contributed by atoms with van der Waals surface area (Å²) in [4.78, 5) is 8.71. The molecule has 44 valence electrons. The molecule has 0 aliphatic carbocycles. The fraction of sp³-hybridized carbons (Fsp3) is 0.750. The van der Waals surface area contributed by atoms with Gasteiger partial charge in [0.2, 0.25) is 0 Å². The van der Waals surface area contributed by atoms with E-state index in [1.165, 1.54) is 6.92 Å². The van der Waals surface area contributed by atoms with Gasteiger partial charge in [-0.15, -0.1) is 0 Å². The SMILES string of the molecule is CC1(C#N)OCOO1. The van der Waals surface area contributed by atoms with Gasteiger partial charge in [0.05, 0.1) is 0 Å². The van der Waals surface area contributed by atoms with E-state index in [2.05, 4.69) is 14.5 Å². The molecule has 4 nitrogen and oxygen atoms in total. The van der Waals surface area contributed by atoms with Gasteiger partial charge in [0, 0.05) is 6.92 Å². The normalized spacial score (nSPS) is 37.0. The van der Waals surface area contributed by atoms with Gasteiger partial charge in [0.15, 0.2) is 6.79 Å². The molecule has 0 saturated carbocycles. The number of nitriles is 1. The Morgan fingerprint density at radius 1 is 1.75 bits per heavy atom. The van der Waals surface area contributed by atoms with Crippen LogP contribution in [-0.2, 0) is 14.5 Å². The second kappa shape index (κ2) is 1.71. The van der Waals surface area contributed by atoms with E-state index in [0.29, 0.717) is 0 Å². The van der Waals surface area contributed by atoms with Crippen LogP contribution in [0.1, 0.15) is 6.92 Å². The van der Waals surface area contributed by atoms with Gasteiger partial charge < -0.3 is 4.74 Å². The highest BCUT2D eigenvalue weighted by Crippen LogP contribution is 2.16. The Hall–Kier alpha value is -0.630. The third kappa shape index (κ3) is 0.793. The molecule has 8 heavy (non-hydrogen) atoms. The third-order valence-electron chi connectivity index (χ3n) is 0.804. The van der Waals surface area contributed by atoms with Crippen molar-refractivity contribution in [1.29, 1.82) is 5.26 Å². The van der Waals surface area contributed by atoms with Crippen LogP contribution in [0.5, 0.6) is 0 Å². The maximum absolute atomic E-state index is 8.25. The van der Waals surface area contributed by atoms with E-state index in [4.69, 9.17) is 5.26 Å². The molecule has 1 aliphatic rings. The van der Waals surface area contributed by atoms with Crippen LogP contribution < -0.4 is 0 Å². The lowest BCUT2D eigenvalue weighted by atomic mass is 10.4. The lowest BCUT2D eigenvalue weighted by molar-refractivity contribution is -0.296. The van der Waals surface area contributed by atoms with Gasteiger partial charge in [0.1, 0.15) is 6.07 Å². The first kappa shape index (κ1) is 5.51. The number of hydrogen-bond donors (Lipinski definition) is 0. The quantitative estimate of drug-likeness (QED) is 0.422. The van der Waals surface area contributed by atoms with Gasteiger partial charge >= 0.3 is 0 Å². The molecule has 0 radical (unpaired) electrons. The first-order valence-electron chi connectivity index (χ1n) is 2.13. The standard InChI is InChI=1S/C4H5NO3/c1-4(2-5)6-3-7-8-4/h3H2,1H3. The molecule has 0 amide bonds. The van der Waals surface area contributed by atoms with Gasteiger partial charge in [0.25, 0.3) is 5.79 Å². The van der Waals surface area contributed by atoms with Crippen LogP contribution >= 0.6 is 0 Å². The molecule has 0 aromatic heterocycles. The Bertz CT molecular complexity index is 122. The summed E-state index contributed by atoms with van der Waals surface area (Å²) in [6, 6.07) is 1.77. The van der Waals surface area contributed by atoms with Crippen molar-refractivity contribution in [3.8, 4) is 6.07 Å². The minimum absolute atomic E-state index is 0.0318. The van der Waals surface area contributed by atoms with Crippen LogP contribution in [0.25, 0.3) is 0 Å². The molecule has 4 heteroatoms. The fourth-order valence-electron chi connectivity index (χ4n) is 0.348. The summed E-state index contributed by atoms with van der Waals surface area (Å²) in [7, 11) is 0. The molecule has 1 heterocycles. The number of ether oxygens (including phenoxy) is 1. The minimum Gasteiger partial charge on any atom is -0.306 e. The van der Waals surface area contributed by atoms with Gasteiger partial charge in [-0.1, -0.05) is 0 Å². The maximum Gasteiger partial charge on any atom is 0.288 e. The van der Waals surface area contributed by atoms with Crippen LogP contribution in [0, 0.1) is 11.3 Å². The Balaban J connectivity index is 2.56. The molecular weight excluding hydrogens is 110 g/mol. The maximum atomic E-state index is 8.25. The monoisotopic (exact) mass is 115 g/mol. The van der Waals surface area contributed by atoms with Crippen molar-refractivity contribution in [3.63, 3.8) is 0 Å². The van der Waals surface area contributed by atoms with Gasteiger partial charge in [-0.25, -0.2) is 4.89 Å². The van der Waals surface area contributed by atoms with E-state index in [1.54, 1.807) is 6.07 Å². The molecule has 1 rings (SSSR count). The van der Waals surface area contributed by atoms with Crippen molar-refractivity contribution in [2.45, 2.75) is 12.7 Å². The minimum atomic E-state index is -1.18. The Labute approximate surface area is 46.5 Å². The first-order chi connectivity index (χ1) is 3.77. The summed E-state index contributed by atoms with van der Waals surface area (Å²) in [6.45, 7) is 1.52. The molecule has 1 saturated heterocycles. The molecule has 0 spiro atoms. The van der Waals surface area contributed by atoms with Crippen molar-refractivity contribution >= 4 is 0 Å². The third-order valence-corrected chi connectivity index (χ3v) is 0.804. The van der Waals surface area contributed by atoms with Crippen LogP contribution in [-0.4, -0.2) is 12.6 Å². The van der Waals surface area contributed by atoms with E-state index >= 15 is 0 Å². The molecule has 0 aromatic rings. The summed E-state index contributed by atoms with van der Waals surface area (Å²) < 4.78 is 4.68. The highest BCUT2D eigenvalue weighted by atomic mass is 17.3. The fourth-order valence-corrected chi connectivity index (χ4v) is 0.348. The molecule has 1 atom stereocenters. The second-order valence-corrected chi connectivity index (χ2v) is 1.52. The summed E-state index contributed by atoms with van der Waals surface area (Å²) >= 11 is 0. The van der Waals surface area contributed by atoms with Crippen molar-refractivity contribution < 1.29 is 14.5 Å². The molecule has 1 unspecified atom stereocenters. The van der Waals surface area contributed by atoms with E-state index in [0.717, 1.165) is 0 Å². The molecule has 0 bridgehead atoms. The van der Waals surface area contributed by atoms with Crippen LogP contribution in [0.2, 0.25) is 0 Å². The van der Waals surface area contributed by atoms with Gasteiger partial charge in [-0.3, -0.25) is 0 Å². The molecule has 0 aromatic carbocycles. The summed E-state index contributed by atoms with van der Waals surface area (Å²) in [6.07, 6.45) is 0. The highest BCUT2D eigenvalue weighted by molar-refractivity contribution is 4.89. The summed E-state index contributed by atoms with van der Waals surface area (Å²) in [5.74, 6) is -1.18. The first-order valence-corrected chi connectivity index (χ1v) is 2.13. The Morgan fingerprint density at radius 3 is 2.75 bits per heavy atom.